The molecule has 0 aliphatic carbocycles. The molecule has 2 aromatic heterocycles. The van der Waals surface area contributed by atoms with E-state index in [0.717, 1.165) is 31.7 Å². The molecule has 7 nitrogen and oxygen atoms in total. The van der Waals surface area contributed by atoms with Crippen molar-refractivity contribution in [1.82, 2.24) is 19.7 Å². The maximum Gasteiger partial charge on any atom is 0.263 e. The van der Waals surface area contributed by atoms with Gasteiger partial charge in [0.05, 0.1) is 6.54 Å². The maximum atomic E-state index is 13.2. The van der Waals surface area contributed by atoms with Crippen LogP contribution in [0.4, 0.5) is 0 Å². The number of hydrogen-bond acceptors (Lipinski definition) is 5. The van der Waals surface area contributed by atoms with Crippen molar-refractivity contribution < 1.29 is 9.59 Å². The van der Waals surface area contributed by atoms with E-state index in [2.05, 4.69) is 29.3 Å². The van der Waals surface area contributed by atoms with Gasteiger partial charge < -0.3 is 14.8 Å². The van der Waals surface area contributed by atoms with Crippen LogP contribution in [0.25, 0.3) is 0 Å². The molecule has 1 N–H and O–H groups in total. The van der Waals surface area contributed by atoms with Crippen LogP contribution in [0.1, 0.15) is 38.1 Å². The molecular formula is C22H26N4O3S. The van der Waals surface area contributed by atoms with Gasteiger partial charge in [-0.3, -0.25) is 19.3 Å². The summed E-state index contributed by atoms with van der Waals surface area (Å²) in [5.74, 6) is 0.219. The molecule has 0 radical (unpaired) electrons. The summed E-state index contributed by atoms with van der Waals surface area (Å²) >= 11 is 1.85. The molecule has 3 aliphatic heterocycles. The lowest BCUT2D eigenvalue weighted by Crippen LogP contribution is -2.52. The quantitative estimate of drug-likeness (QED) is 0.805. The van der Waals surface area contributed by atoms with Gasteiger partial charge in [0.1, 0.15) is 5.56 Å². The van der Waals surface area contributed by atoms with Crippen LogP contribution in [-0.4, -0.2) is 58.9 Å². The van der Waals surface area contributed by atoms with Gasteiger partial charge in [0.15, 0.2) is 0 Å². The number of fused-ring (bicyclic) bond motifs is 4. The van der Waals surface area contributed by atoms with Gasteiger partial charge in [0.25, 0.3) is 11.5 Å². The summed E-state index contributed by atoms with van der Waals surface area (Å²) in [4.78, 5) is 44.4. The normalized spacial score (nSPS) is 23.8. The van der Waals surface area contributed by atoms with Crippen LogP contribution < -0.4 is 10.9 Å². The number of nitrogens with one attached hydrogen (secondary N) is 1. The summed E-state index contributed by atoms with van der Waals surface area (Å²) in [6.07, 6.45) is 1.10. The van der Waals surface area contributed by atoms with Crippen molar-refractivity contribution >= 4 is 23.2 Å². The second-order valence-corrected chi connectivity index (χ2v) is 10.0. The van der Waals surface area contributed by atoms with Gasteiger partial charge in [-0.25, -0.2) is 0 Å². The lowest BCUT2D eigenvalue weighted by atomic mass is 9.83. The lowest BCUT2D eigenvalue weighted by molar-refractivity contribution is -0.123. The Bertz CT molecular complexity index is 1060. The molecule has 3 aliphatic rings. The number of aromatic nitrogens is 1. The van der Waals surface area contributed by atoms with Gasteiger partial charge in [0, 0.05) is 60.6 Å². The number of carbonyl (C=O) groups is 2. The Hall–Kier alpha value is -2.45. The number of carbonyl (C=O) groups excluding carboxylic acids is 2. The molecule has 2 saturated heterocycles. The Labute approximate surface area is 179 Å². The fourth-order valence-electron chi connectivity index (χ4n) is 5.11. The Kier molecular flexibility index (Phi) is 4.99. The standard InChI is InChI=1S/C22H26N4O3S/c1-14-2-3-17(30-14)12-24-9-15-8-16(11-24)19-5-4-18(22(29)26(19)10-15)21(28)25-7-6-23-20(27)13-25/h2-5,15-16H,6-13H2,1H3,(H,23,27)/t15-,16+/m0/s1. The number of rotatable bonds is 3. The van der Waals surface area contributed by atoms with Crippen LogP contribution in [0.2, 0.25) is 0 Å². The van der Waals surface area contributed by atoms with E-state index in [1.807, 2.05) is 22.0 Å². The summed E-state index contributed by atoms with van der Waals surface area (Å²) in [7, 11) is 0. The fourth-order valence-corrected chi connectivity index (χ4v) is 6.04. The van der Waals surface area contributed by atoms with Gasteiger partial charge in [-0.05, 0) is 43.5 Å². The first kappa shape index (κ1) is 19.5. The molecule has 30 heavy (non-hydrogen) atoms. The number of nitrogens with zero attached hydrogens (tertiary/aromatic N) is 3. The molecule has 0 spiro atoms. The summed E-state index contributed by atoms with van der Waals surface area (Å²) in [5, 5.41) is 2.71. The topological polar surface area (TPSA) is 74.7 Å². The Morgan fingerprint density at radius 1 is 1.17 bits per heavy atom. The van der Waals surface area contributed by atoms with Gasteiger partial charge in [-0.15, -0.1) is 11.3 Å². The highest BCUT2D eigenvalue weighted by Gasteiger charge is 2.36. The third kappa shape index (κ3) is 3.58. The SMILES string of the molecule is Cc1ccc(CN2C[C@@H]3C[C@H](C2)c2ccc(C(=O)N4CCNC(=O)C4)c(=O)n2C3)s1. The molecule has 5 heterocycles. The third-order valence-corrected chi connectivity index (χ3v) is 7.40. The first-order chi connectivity index (χ1) is 14.5. The second-order valence-electron chi connectivity index (χ2n) is 8.67. The Balaban J connectivity index is 1.37. The minimum Gasteiger partial charge on any atom is -0.353 e. The van der Waals surface area contributed by atoms with Crippen molar-refractivity contribution in [3.8, 4) is 0 Å². The molecule has 2 bridgehead atoms. The minimum atomic E-state index is -0.337. The van der Waals surface area contributed by atoms with Gasteiger partial charge >= 0.3 is 0 Å². The summed E-state index contributed by atoms with van der Waals surface area (Å²) in [6, 6.07) is 8.01. The molecule has 0 saturated carbocycles. The van der Waals surface area contributed by atoms with Crippen LogP contribution >= 0.6 is 11.3 Å². The lowest BCUT2D eigenvalue weighted by Gasteiger charge is -2.42. The van der Waals surface area contributed by atoms with Crippen LogP contribution in [-0.2, 0) is 17.9 Å². The van der Waals surface area contributed by atoms with E-state index in [1.54, 1.807) is 6.07 Å². The van der Waals surface area contributed by atoms with E-state index in [9.17, 15) is 14.4 Å². The predicted octanol–water partition coefficient (Wildman–Crippen LogP) is 1.41. The van der Waals surface area contributed by atoms with Crippen molar-refractivity contribution in [3.05, 3.63) is 55.6 Å². The van der Waals surface area contributed by atoms with Crippen molar-refractivity contribution in [2.24, 2.45) is 5.92 Å². The summed E-state index contributed by atoms with van der Waals surface area (Å²) in [5.41, 5.74) is 1.01. The third-order valence-electron chi connectivity index (χ3n) is 6.41. The molecule has 2 fully saturated rings. The first-order valence-electron chi connectivity index (χ1n) is 10.6. The smallest absolute Gasteiger partial charge is 0.263 e. The number of piperazine rings is 1. The van der Waals surface area contributed by atoms with E-state index in [0.29, 0.717) is 31.5 Å². The number of pyridine rings is 1. The molecule has 0 aromatic carbocycles. The van der Waals surface area contributed by atoms with E-state index in [4.69, 9.17) is 0 Å². The zero-order valence-corrected chi connectivity index (χ0v) is 17.9. The van der Waals surface area contributed by atoms with Crippen molar-refractivity contribution in [2.75, 3.05) is 32.7 Å². The monoisotopic (exact) mass is 426 g/mol. The van der Waals surface area contributed by atoms with E-state index in [-0.39, 0.29) is 29.5 Å². The van der Waals surface area contributed by atoms with E-state index >= 15 is 0 Å². The number of hydrogen-bond donors (Lipinski definition) is 1. The van der Waals surface area contributed by atoms with Crippen LogP contribution in [0.3, 0.4) is 0 Å². The highest BCUT2D eigenvalue weighted by molar-refractivity contribution is 7.11. The Morgan fingerprint density at radius 2 is 2.03 bits per heavy atom. The minimum absolute atomic E-state index is 0.0163. The van der Waals surface area contributed by atoms with Gasteiger partial charge in [-0.1, -0.05) is 0 Å². The zero-order chi connectivity index (χ0) is 20.8. The molecular weight excluding hydrogens is 400 g/mol. The average Bonchev–Trinajstić information content (AvgIpc) is 3.13. The Morgan fingerprint density at radius 3 is 2.80 bits per heavy atom. The molecule has 2 aromatic rings. The number of thiophene rings is 1. The molecule has 2 atom stereocenters. The number of amides is 2. The van der Waals surface area contributed by atoms with Crippen LogP contribution in [0, 0.1) is 12.8 Å². The molecule has 0 unspecified atom stereocenters. The van der Waals surface area contributed by atoms with E-state index < -0.39 is 0 Å². The van der Waals surface area contributed by atoms with Gasteiger partial charge in [-0.2, -0.15) is 0 Å². The predicted molar refractivity (Wildman–Crippen MR) is 115 cm³/mol. The molecule has 2 amide bonds. The van der Waals surface area contributed by atoms with Gasteiger partial charge in [0.2, 0.25) is 5.91 Å². The number of likely N-dealkylation sites (tertiary alicyclic amines) is 1. The maximum absolute atomic E-state index is 13.2. The summed E-state index contributed by atoms with van der Waals surface area (Å²) in [6.45, 7) is 6.56. The molecule has 5 rings (SSSR count). The summed E-state index contributed by atoms with van der Waals surface area (Å²) < 4.78 is 1.82. The second kappa shape index (κ2) is 7.67. The fraction of sp³-hybridized carbons (Fsp3) is 0.500. The highest BCUT2D eigenvalue weighted by atomic mass is 32.1. The van der Waals surface area contributed by atoms with Crippen molar-refractivity contribution in [1.29, 1.82) is 0 Å². The van der Waals surface area contributed by atoms with Crippen molar-refractivity contribution in [2.45, 2.75) is 32.4 Å². The molecule has 8 heteroatoms. The van der Waals surface area contributed by atoms with E-state index in [1.165, 1.54) is 14.7 Å². The largest absolute Gasteiger partial charge is 0.353 e. The number of piperidine rings is 1. The van der Waals surface area contributed by atoms with Crippen LogP contribution in [0.5, 0.6) is 0 Å². The highest BCUT2D eigenvalue weighted by Crippen LogP contribution is 2.36. The molecule has 158 valence electrons. The zero-order valence-electron chi connectivity index (χ0n) is 17.1. The average molecular weight is 427 g/mol. The van der Waals surface area contributed by atoms with Crippen LogP contribution in [0.15, 0.2) is 29.1 Å². The first-order valence-corrected chi connectivity index (χ1v) is 11.4. The van der Waals surface area contributed by atoms with Crippen molar-refractivity contribution in [3.63, 3.8) is 0 Å². The number of aryl methyl sites for hydroxylation is 1.